The summed E-state index contributed by atoms with van der Waals surface area (Å²) in [5, 5.41) is 4.25. The third kappa shape index (κ3) is 9.28. The predicted molar refractivity (Wildman–Crippen MR) is 128 cm³/mol. The van der Waals surface area contributed by atoms with Gasteiger partial charge in [-0.1, -0.05) is 36.7 Å². The highest BCUT2D eigenvalue weighted by Crippen LogP contribution is 2.23. The van der Waals surface area contributed by atoms with Gasteiger partial charge in [0.05, 0.1) is 5.69 Å². The molecule has 1 unspecified atom stereocenters. The molecule has 0 aliphatic heterocycles. The highest BCUT2D eigenvalue weighted by Gasteiger charge is 2.19. The van der Waals surface area contributed by atoms with Crippen molar-refractivity contribution in [1.29, 1.82) is 0 Å². The number of hydrogen-bond donors (Lipinski definition) is 1. The molecule has 31 heavy (non-hydrogen) atoms. The van der Waals surface area contributed by atoms with Crippen molar-refractivity contribution < 1.29 is 9.53 Å². The average Bonchev–Trinajstić information content (AvgIpc) is 2.70. The van der Waals surface area contributed by atoms with E-state index in [-0.39, 0.29) is 6.09 Å². The Morgan fingerprint density at radius 1 is 1.19 bits per heavy atom. The molecule has 1 aromatic heterocycles. The number of carbonyl (C=O) groups is 1. The number of aromatic nitrogens is 1. The molecular formula is C25H36ClN3O2. The zero-order valence-electron chi connectivity index (χ0n) is 19.5. The van der Waals surface area contributed by atoms with E-state index in [2.05, 4.69) is 35.4 Å². The number of nitrogens with one attached hydrogen (secondary N) is 1. The lowest BCUT2D eigenvalue weighted by Gasteiger charge is -2.24. The van der Waals surface area contributed by atoms with Gasteiger partial charge in [-0.15, -0.1) is 0 Å². The summed E-state index contributed by atoms with van der Waals surface area (Å²) >= 11 is 6.01. The van der Waals surface area contributed by atoms with Gasteiger partial charge >= 0.3 is 6.09 Å². The Morgan fingerprint density at radius 3 is 2.58 bits per heavy atom. The predicted octanol–water partition coefficient (Wildman–Crippen LogP) is 5.82. The number of ether oxygens (including phenoxy) is 1. The summed E-state index contributed by atoms with van der Waals surface area (Å²) in [5.41, 5.74) is 3.18. The molecule has 0 saturated heterocycles. The number of halogens is 1. The van der Waals surface area contributed by atoms with Crippen molar-refractivity contribution in [3.63, 3.8) is 0 Å². The first-order valence-corrected chi connectivity index (χ1v) is 11.4. The number of unbranched alkanes of at least 4 members (excludes halogenated alkanes) is 1. The van der Waals surface area contributed by atoms with Crippen molar-refractivity contribution in [1.82, 2.24) is 15.2 Å². The maximum absolute atomic E-state index is 12.0. The zero-order valence-corrected chi connectivity index (χ0v) is 20.2. The molecule has 1 amide bonds. The van der Waals surface area contributed by atoms with Crippen LogP contribution in [-0.4, -0.2) is 41.7 Å². The number of rotatable bonds is 10. The second kappa shape index (κ2) is 12.1. The summed E-state index contributed by atoms with van der Waals surface area (Å²) in [7, 11) is 1.78. The Hall–Kier alpha value is -2.11. The summed E-state index contributed by atoms with van der Waals surface area (Å²) in [6, 6.07) is 12.2. The quantitative estimate of drug-likeness (QED) is 0.468. The molecule has 0 bridgehead atoms. The van der Waals surface area contributed by atoms with Crippen LogP contribution in [0.5, 0.6) is 0 Å². The van der Waals surface area contributed by atoms with E-state index in [1.165, 1.54) is 11.1 Å². The van der Waals surface area contributed by atoms with Gasteiger partial charge in [-0.05, 0) is 81.8 Å². The lowest BCUT2D eigenvalue weighted by Crippen LogP contribution is -2.34. The fraction of sp³-hybridized carbons (Fsp3) is 0.520. The molecule has 1 atom stereocenters. The summed E-state index contributed by atoms with van der Waals surface area (Å²) in [4.78, 5) is 18.2. The number of nitrogens with zero attached hydrogens (tertiary/aromatic N) is 2. The van der Waals surface area contributed by atoms with E-state index in [9.17, 15) is 4.79 Å². The van der Waals surface area contributed by atoms with Gasteiger partial charge in [0.15, 0.2) is 0 Å². The largest absolute Gasteiger partial charge is 0.444 e. The first kappa shape index (κ1) is 25.2. The molecule has 5 nitrogen and oxygen atoms in total. The Balaban J connectivity index is 1.74. The van der Waals surface area contributed by atoms with E-state index in [4.69, 9.17) is 16.3 Å². The SMILES string of the molecule is CC(Cc1cccnc1CNCCCCN(C)C(=O)OC(C)(C)C)c1ccc(Cl)cc1. The molecule has 1 heterocycles. The molecule has 2 aromatic rings. The fourth-order valence-corrected chi connectivity index (χ4v) is 3.42. The molecule has 1 aromatic carbocycles. The van der Waals surface area contributed by atoms with Gasteiger partial charge in [0.1, 0.15) is 5.60 Å². The maximum Gasteiger partial charge on any atom is 0.410 e. The van der Waals surface area contributed by atoms with Crippen LogP contribution in [0.2, 0.25) is 5.02 Å². The van der Waals surface area contributed by atoms with Crippen LogP contribution in [-0.2, 0) is 17.7 Å². The third-order valence-corrected chi connectivity index (χ3v) is 5.30. The fourth-order valence-electron chi connectivity index (χ4n) is 3.29. The van der Waals surface area contributed by atoms with Gasteiger partial charge in [0, 0.05) is 31.4 Å². The van der Waals surface area contributed by atoms with Gasteiger partial charge in [-0.2, -0.15) is 0 Å². The van der Waals surface area contributed by atoms with Gasteiger partial charge < -0.3 is 15.0 Å². The lowest BCUT2D eigenvalue weighted by atomic mass is 9.93. The summed E-state index contributed by atoms with van der Waals surface area (Å²) in [6.45, 7) is 10.2. The monoisotopic (exact) mass is 445 g/mol. The van der Waals surface area contributed by atoms with Crippen LogP contribution in [0.4, 0.5) is 4.79 Å². The van der Waals surface area contributed by atoms with E-state index < -0.39 is 5.60 Å². The summed E-state index contributed by atoms with van der Waals surface area (Å²) < 4.78 is 5.37. The van der Waals surface area contributed by atoms with Crippen LogP contribution >= 0.6 is 11.6 Å². The molecule has 0 radical (unpaired) electrons. The number of carbonyl (C=O) groups excluding carboxylic acids is 1. The highest BCUT2D eigenvalue weighted by atomic mass is 35.5. The Morgan fingerprint density at radius 2 is 1.90 bits per heavy atom. The average molecular weight is 446 g/mol. The second-order valence-electron chi connectivity index (χ2n) is 9.05. The van der Waals surface area contributed by atoms with Crippen molar-refractivity contribution >= 4 is 17.7 Å². The topological polar surface area (TPSA) is 54.5 Å². The molecule has 0 fully saturated rings. The number of amides is 1. The van der Waals surface area contributed by atoms with Crippen LogP contribution in [0.25, 0.3) is 0 Å². The van der Waals surface area contributed by atoms with Crippen molar-refractivity contribution in [2.45, 2.75) is 65.0 Å². The van der Waals surface area contributed by atoms with E-state index in [0.29, 0.717) is 12.5 Å². The second-order valence-corrected chi connectivity index (χ2v) is 9.49. The van der Waals surface area contributed by atoms with Crippen LogP contribution in [0, 0.1) is 0 Å². The van der Waals surface area contributed by atoms with Crippen LogP contribution < -0.4 is 5.32 Å². The number of hydrogen-bond acceptors (Lipinski definition) is 4. The minimum atomic E-state index is -0.460. The molecular weight excluding hydrogens is 410 g/mol. The molecule has 1 N–H and O–H groups in total. The van der Waals surface area contributed by atoms with E-state index in [1.54, 1.807) is 11.9 Å². The molecule has 170 valence electrons. The maximum atomic E-state index is 12.0. The molecule has 0 saturated carbocycles. The minimum Gasteiger partial charge on any atom is -0.444 e. The van der Waals surface area contributed by atoms with Gasteiger partial charge in [0.25, 0.3) is 0 Å². The molecule has 6 heteroatoms. The lowest BCUT2D eigenvalue weighted by molar-refractivity contribution is 0.0296. The van der Waals surface area contributed by atoms with Crippen molar-refractivity contribution in [2.24, 2.45) is 0 Å². The van der Waals surface area contributed by atoms with E-state index in [0.717, 1.165) is 43.1 Å². The molecule has 0 aliphatic carbocycles. The Labute approximate surface area is 192 Å². The molecule has 0 spiro atoms. The van der Waals surface area contributed by atoms with Crippen molar-refractivity contribution in [3.8, 4) is 0 Å². The standard InChI is InChI=1S/C25H36ClN3O2/c1-19(20-10-12-22(26)13-11-20)17-21-9-8-15-28-23(21)18-27-14-6-7-16-29(5)24(30)31-25(2,3)4/h8-13,15,19,27H,6-7,14,16-18H2,1-5H3. The summed E-state index contributed by atoms with van der Waals surface area (Å²) in [6.07, 6.45) is 4.42. The number of benzene rings is 1. The van der Waals surface area contributed by atoms with Gasteiger partial charge in [-0.3, -0.25) is 4.98 Å². The van der Waals surface area contributed by atoms with Gasteiger partial charge in [0.2, 0.25) is 0 Å². The van der Waals surface area contributed by atoms with Crippen molar-refractivity contribution in [3.05, 3.63) is 64.4 Å². The molecule has 2 rings (SSSR count). The first-order chi connectivity index (χ1) is 14.7. The zero-order chi connectivity index (χ0) is 22.9. The van der Waals surface area contributed by atoms with E-state index >= 15 is 0 Å². The number of pyridine rings is 1. The van der Waals surface area contributed by atoms with Crippen molar-refractivity contribution in [2.75, 3.05) is 20.1 Å². The normalized spacial score (nSPS) is 12.5. The van der Waals surface area contributed by atoms with Crippen LogP contribution in [0.3, 0.4) is 0 Å². The minimum absolute atomic E-state index is 0.270. The van der Waals surface area contributed by atoms with Gasteiger partial charge in [-0.25, -0.2) is 4.79 Å². The third-order valence-electron chi connectivity index (χ3n) is 5.04. The van der Waals surface area contributed by atoms with Crippen LogP contribution in [0.15, 0.2) is 42.6 Å². The first-order valence-electron chi connectivity index (χ1n) is 11.0. The molecule has 0 aliphatic rings. The van der Waals surface area contributed by atoms with E-state index in [1.807, 2.05) is 45.2 Å². The Bertz CT molecular complexity index is 818. The van der Waals surface area contributed by atoms with Crippen LogP contribution in [0.1, 0.15) is 63.3 Å². The Kier molecular flexibility index (Phi) is 9.79. The summed E-state index contributed by atoms with van der Waals surface area (Å²) in [5.74, 6) is 0.392. The smallest absolute Gasteiger partial charge is 0.410 e. The highest BCUT2D eigenvalue weighted by molar-refractivity contribution is 6.30.